The van der Waals surface area contributed by atoms with Gasteiger partial charge in [0.1, 0.15) is 0 Å². The number of nitrogens with two attached hydrogens (primary N) is 1. The average Bonchev–Trinajstić information content (AvgIpc) is 1.65. The van der Waals surface area contributed by atoms with Crippen molar-refractivity contribution in [2.75, 3.05) is 7.05 Å². The Morgan fingerprint density at radius 3 is 2.12 bits per heavy atom. The van der Waals surface area contributed by atoms with Crippen LogP contribution in [0, 0.1) is 0 Å². The Morgan fingerprint density at radius 1 is 1.50 bits per heavy atom. The van der Waals surface area contributed by atoms with Gasteiger partial charge in [-0.15, -0.1) is 0 Å². The highest BCUT2D eigenvalue weighted by Crippen LogP contribution is 1.82. The Hall–Kier alpha value is -0.790. The summed E-state index contributed by atoms with van der Waals surface area (Å²) in [6.45, 7) is 3.76. The largest absolute Gasteiger partial charge is 0.402 e. The van der Waals surface area contributed by atoms with Crippen LogP contribution in [0.15, 0.2) is 16.8 Å². The minimum Gasteiger partial charge on any atom is -0.402 e. The minimum atomic E-state index is 0.799. The summed E-state index contributed by atoms with van der Waals surface area (Å²) in [7, 11) is 1.74. The molecule has 46 valence electrons. The molecule has 0 radical (unpaired) electrons. The lowest BCUT2D eigenvalue weighted by atomic mass is 10.3. The molecule has 8 heavy (non-hydrogen) atoms. The van der Waals surface area contributed by atoms with Gasteiger partial charge in [-0.05, 0) is 19.9 Å². The van der Waals surface area contributed by atoms with Gasteiger partial charge in [0, 0.05) is 18.5 Å². The van der Waals surface area contributed by atoms with Gasteiger partial charge in [0.05, 0.1) is 0 Å². The molecule has 0 atom stereocenters. The second kappa shape index (κ2) is 3.24. The molecule has 2 nitrogen and oxygen atoms in total. The van der Waals surface area contributed by atoms with E-state index in [2.05, 4.69) is 4.99 Å². The highest BCUT2D eigenvalue weighted by atomic mass is 14.7. The first kappa shape index (κ1) is 7.21. The summed E-state index contributed by atoms with van der Waals surface area (Å²) in [6.07, 6.45) is 1.83. The van der Waals surface area contributed by atoms with Crippen LogP contribution in [0.3, 0.4) is 0 Å². The average molecular weight is 112 g/mol. The highest BCUT2D eigenvalue weighted by molar-refractivity contribution is 5.93. The molecule has 0 aromatic rings. The van der Waals surface area contributed by atoms with Crippen LogP contribution in [0.4, 0.5) is 0 Å². The van der Waals surface area contributed by atoms with Crippen molar-refractivity contribution in [2.24, 2.45) is 10.7 Å². The van der Waals surface area contributed by atoms with Gasteiger partial charge in [0.2, 0.25) is 0 Å². The van der Waals surface area contributed by atoms with Gasteiger partial charge in [0.25, 0.3) is 0 Å². The van der Waals surface area contributed by atoms with Gasteiger partial charge >= 0.3 is 0 Å². The Morgan fingerprint density at radius 2 is 2.00 bits per heavy atom. The Balaban J connectivity index is 3.89. The van der Waals surface area contributed by atoms with E-state index >= 15 is 0 Å². The molecule has 2 heteroatoms. The van der Waals surface area contributed by atoms with Crippen LogP contribution < -0.4 is 5.73 Å². The van der Waals surface area contributed by atoms with Crippen molar-refractivity contribution in [2.45, 2.75) is 13.8 Å². The zero-order valence-corrected chi connectivity index (χ0v) is 5.60. The maximum Gasteiger partial charge on any atom is 0.0330 e. The van der Waals surface area contributed by atoms with Crippen LogP contribution in [0.25, 0.3) is 0 Å². The first-order valence-corrected chi connectivity index (χ1v) is 2.54. The second-order valence-corrected chi connectivity index (χ2v) is 1.75. The number of nitrogens with zero attached hydrogens (tertiary/aromatic N) is 1. The molecule has 0 saturated carbocycles. The summed E-state index contributed by atoms with van der Waals surface area (Å²) >= 11 is 0. The topological polar surface area (TPSA) is 38.4 Å². The van der Waals surface area contributed by atoms with Crippen LogP contribution in [-0.2, 0) is 0 Å². The summed E-state index contributed by atoms with van der Waals surface area (Å²) in [4.78, 5) is 3.89. The number of allylic oxidation sites excluding steroid dienone is 2. The fourth-order valence-electron chi connectivity index (χ4n) is 0.394. The number of hydrogen-bond acceptors (Lipinski definition) is 2. The standard InChI is InChI=1S/C6H12N2/c1-5(7)4-6(2)8-3/h4H,7H2,1-3H3. The third kappa shape index (κ3) is 3.40. The molecule has 0 unspecified atom stereocenters. The summed E-state index contributed by atoms with van der Waals surface area (Å²) in [5.74, 6) is 0. The summed E-state index contributed by atoms with van der Waals surface area (Å²) in [6, 6.07) is 0. The maximum atomic E-state index is 5.35. The first-order valence-electron chi connectivity index (χ1n) is 2.54. The monoisotopic (exact) mass is 112 g/mol. The summed E-state index contributed by atoms with van der Waals surface area (Å²) < 4.78 is 0. The molecule has 0 spiro atoms. The first-order chi connectivity index (χ1) is 3.66. The zero-order valence-electron chi connectivity index (χ0n) is 5.60. The lowest BCUT2D eigenvalue weighted by molar-refractivity contribution is 1.31. The highest BCUT2D eigenvalue weighted by Gasteiger charge is 1.79. The van der Waals surface area contributed by atoms with Crippen LogP contribution in [-0.4, -0.2) is 12.8 Å². The van der Waals surface area contributed by atoms with E-state index < -0.39 is 0 Å². The van der Waals surface area contributed by atoms with Gasteiger partial charge in [0.15, 0.2) is 0 Å². The quantitative estimate of drug-likeness (QED) is 0.504. The lowest BCUT2D eigenvalue weighted by Crippen LogP contribution is -1.94. The molecule has 0 fully saturated rings. The molecule has 0 aromatic heterocycles. The Bertz CT molecular complexity index is 118. The van der Waals surface area contributed by atoms with Crippen molar-refractivity contribution in [3.05, 3.63) is 11.8 Å². The molecule has 0 aliphatic heterocycles. The van der Waals surface area contributed by atoms with E-state index in [4.69, 9.17) is 5.73 Å². The van der Waals surface area contributed by atoms with Gasteiger partial charge in [-0.25, -0.2) is 0 Å². The van der Waals surface area contributed by atoms with E-state index in [0.29, 0.717) is 0 Å². The van der Waals surface area contributed by atoms with Gasteiger partial charge < -0.3 is 5.73 Å². The summed E-state index contributed by atoms with van der Waals surface area (Å²) in [5, 5.41) is 0. The van der Waals surface area contributed by atoms with Gasteiger partial charge in [-0.1, -0.05) is 0 Å². The van der Waals surface area contributed by atoms with Crippen molar-refractivity contribution in [3.63, 3.8) is 0 Å². The number of aliphatic imine (C=N–C) groups is 1. The van der Waals surface area contributed by atoms with E-state index in [1.54, 1.807) is 7.05 Å². The van der Waals surface area contributed by atoms with Crippen molar-refractivity contribution < 1.29 is 0 Å². The molecule has 0 aromatic carbocycles. The van der Waals surface area contributed by atoms with Crippen molar-refractivity contribution >= 4 is 5.71 Å². The van der Waals surface area contributed by atoms with Crippen LogP contribution in [0.5, 0.6) is 0 Å². The third-order valence-corrected chi connectivity index (χ3v) is 0.789. The lowest BCUT2D eigenvalue weighted by Gasteiger charge is -1.88. The second-order valence-electron chi connectivity index (χ2n) is 1.75. The minimum absolute atomic E-state index is 0.799. The van der Waals surface area contributed by atoms with Crippen molar-refractivity contribution in [1.29, 1.82) is 0 Å². The van der Waals surface area contributed by atoms with Crippen LogP contribution in [0.1, 0.15) is 13.8 Å². The molecular weight excluding hydrogens is 100 g/mol. The van der Waals surface area contributed by atoms with E-state index in [-0.39, 0.29) is 0 Å². The molecule has 0 amide bonds. The number of hydrogen-bond donors (Lipinski definition) is 1. The van der Waals surface area contributed by atoms with E-state index in [9.17, 15) is 0 Å². The van der Waals surface area contributed by atoms with E-state index in [1.807, 2.05) is 19.9 Å². The van der Waals surface area contributed by atoms with Crippen molar-refractivity contribution in [1.82, 2.24) is 0 Å². The molecular formula is C6H12N2. The fourth-order valence-corrected chi connectivity index (χ4v) is 0.394. The molecule has 0 aliphatic carbocycles. The zero-order chi connectivity index (χ0) is 6.57. The fraction of sp³-hybridized carbons (Fsp3) is 0.500. The van der Waals surface area contributed by atoms with Gasteiger partial charge in [-0.3, -0.25) is 4.99 Å². The predicted octanol–water partition coefficient (Wildman–Crippen LogP) is 0.940. The predicted molar refractivity (Wildman–Crippen MR) is 37.0 cm³/mol. The van der Waals surface area contributed by atoms with Crippen LogP contribution >= 0.6 is 0 Å². The number of rotatable bonds is 1. The third-order valence-electron chi connectivity index (χ3n) is 0.789. The molecule has 0 rings (SSSR count). The Labute approximate surface area is 50.1 Å². The van der Waals surface area contributed by atoms with Gasteiger partial charge in [-0.2, -0.15) is 0 Å². The van der Waals surface area contributed by atoms with E-state index in [0.717, 1.165) is 11.4 Å². The molecule has 0 heterocycles. The SMILES string of the molecule is CN=C(C)C=C(C)N. The molecule has 0 bridgehead atoms. The van der Waals surface area contributed by atoms with Crippen LogP contribution in [0.2, 0.25) is 0 Å². The summed E-state index contributed by atoms with van der Waals surface area (Å²) in [5.41, 5.74) is 7.11. The van der Waals surface area contributed by atoms with Crippen molar-refractivity contribution in [3.8, 4) is 0 Å². The molecule has 0 saturated heterocycles. The normalized spacial score (nSPS) is 14.4. The molecule has 2 N–H and O–H groups in total. The Kier molecular flexibility index (Phi) is 2.92. The smallest absolute Gasteiger partial charge is 0.0330 e. The maximum absolute atomic E-state index is 5.35. The van der Waals surface area contributed by atoms with E-state index in [1.165, 1.54) is 0 Å². The molecule has 0 aliphatic rings.